The zero-order valence-electron chi connectivity index (χ0n) is 11.8. The molecule has 0 fully saturated rings. The van der Waals surface area contributed by atoms with Crippen LogP contribution in [0.5, 0.6) is 0 Å². The van der Waals surface area contributed by atoms with E-state index in [1.807, 2.05) is 18.2 Å². The van der Waals surface area contributed by atoms with E-state index in [0.717, 1.165) is 31.1 Å². The summed E-state index contributed by atoms with van der Waals surface area (Å²) in [5.74, 6) is 0. The first-order valence-corrected chi connectivity index (χ1v) is 7.78. The summed E-state index contributed by atoms with van der Waals surface area (Å²) in [4.78, 5) is 0. The molecule has 0 aliphatic carbocycles. The van der Waals surface area contributed by atoms with E-state index in [4.69, 9.17) is 11.6 Å². The smallest absolute Gasteiger partial charge is 0.0562 e. The Morgan fingerprint density at radius 2 is 1.90 bits per heavy atom. The fourth-order valence-electron chi connectivity index (χ4n) is 3.26. The van der Waals surface area contributed by atoms with Gasteiger partial charge in [0.1, 0.15) is 0 Å². The molecule has 3 aromatic rings. The van der Waals surface area contributed by atoms with E-state index in [1.54, 1.807) is 0 Å². The van der Waals surface area contributed by atoms with Crippen molar-refractivity contribution in [1.82, 2.24) is 9.88 Å². The summed E-state index contributed by atoms with van der Waals surface area (Å²) in [6.45, 7) is 3.11. The average molecular weight is 297 g/mol. The van der Waals surface area contributed by atoms with Crippen molar-refractivity contribution in [3.8, 4) is 11.1 Å². The van der Waals surface area contributed by atoms with Crippen LogP contribution < -0.4 is 5.32 Å². The van der Waals surface area contributed by atoms with Gasteiger partial charge >= 0.3 is 0 Å². The van der Waals surface area contributed by atoms with Gasteiger partial charge in [-0.25, -0.2) is 0 Å². The maximum atomic E-state index is 6.17. The van der Waals surface area contributed by atoms with Crippen LogP contribution in [0.2, 0.25) is 5.02 Å². The Hall–Kier alpha value is -1.77. The highest BCUT2D eigenvalue weighted by Gasteiger charge is 2.15. The molecule has 4 rings (SSSR count). The van der Waals surface area contributed by atoms with Crippen molar-refractivity contribution in [2.24, 2.45) is 0 Å². The number of nitrogens with one attached hydrogen (secondary N) is 1. The Morgan fingerprint density at radius 3 is 2.81 bits per heavy atom. The van der Waals surface area contributed by atoms with E-state index in [2.05, 4.69) is 40.2 Å². The number of hydrogen-bond acceptors (Lipinski definition) is 1. The molecule has 21 heavy (non-hydrogen) atoms. The maximum Gasteiger partial charge on any atom is 0.0562 e. The topological polar surface area (TPSA) is 17.0 Å². The highest BCUT2D eigenvalue weighted by molar-refractivity contribution is 6.30. The normalized spacial score (nSPS) is 14.9. The molecule has 2 nitrogen and oxygen atoms in total. The van der Waals surface area contributed by atoms with Gasteiger partial charge in [-0.15, -0.1) is 0 Å². The number of hydrogen-bond donors (Lipinski definition) is 1. The van der Waals surface area contributed by atoms with Gasteiger partial charge in [-0.1, -0.05) is 41.9 Å². The lowest BCUT2D eigenvalue weighted by Crippen LogP contribution is -2.17. The second-order valence-corrected chi connectivity index (χ2v) is 5.98. The molecule has 0 saturated carbocycles. The zero-order chi connectivity index (χ0) is 14.2. The molecule has 0 amide bonds. The maximum absolute atomic E-state index is 6.17. The van der Waals surface area contributed by atoms with Crippen LogP contribution in [-0.4, -0.2) is 17.7 Å². The quantitative estimate of drug-likeness (QED) is 0.715. The summed E-state index contributed by atoms with van der Waals surface area (Å²) in [5, 5.41) is 5.58. The third-order valence-electron chi connectivity index (χ3n) is 4.21. The molecule has 0 atom stereocenters. The van der Waals surface area contributed by atoms with Crippen LogP contribution in [0.3, 0.4) is 0 Å². The third kappa shape index (κ3) is 2.25. The number of nitrogens with zero attached hydrogens (tertiary/aromatic N) is 1. The molecule has 1 aromatic heterocycles. The predicted molar refractivity (Wildman–Crippen MR) is 89.0 cm³/mol. The van der Waals surface area contributed by atoms with Gasteiger partial charge in [0.2, 0.25) is 0 Å². The van der Waals surface area contributed by atoms with Crippen molar-refractivity contribution in [3.63, 3.8) is 0 Å². The van der Waals surface area contributed by atoms with E-state index < -0.39 is 0 Å². The summed E-state index contributed by atoms with van der Waals surface area (Å²) < 4.78 is 2.46. The number of halogens is 1. The molecule has 1 aliphatic rings. The molecule has 2 aromatic carbocycles. The van der Waals surface area contributed by atoms with Gasteiger partial charge in [0.25, 0.3) is 0 Å². The monoisotopic (exact) mass is 296 g/mol. The van der Waals surface area contributed by atoms with Crippen LogP contribution in [-0.2, 0) is 13.0 Å². The average Bonchev–Trinajstić information content (AvgIpc) is 2.69. The van der Waals surface area contributed by atoms with Gasteiger partial charge in [-0.05, 0) is 23.8 Å². The Bertz CT molecular complexity index is 804. The molecule has 0 saturated heterocycles. The van der Waals surface area contributed by atoms with Crippen molar-refractivity contribution in [2.75, 3.05) is 13.1 Å². The van der Waals surface area contributed by atoms with E-state index >= 15 is 0 Å². The Balaban J connectivity index is 1.99. The van der Waals surface area contributed by atoms with Crippen LogP contribution in [0.25, 0.3) is 22.0 Å². The summed E-state index contributed by atoms with van der Waals surface area (Å²) in [7, 11) is 0. The lowest BCUT2D eigenvalue weighted by atomic mass is 10.0. The molecule has 1 aliphatic heterocycles. The summed E-state index contributed by atoms with van der Waals surface area (Å²) in [6.07, 6.45) is 1.09. The number of para-hydroxylation sites is 1. The summed E-state index contributed by atoms with van der Waals surface area (Å²) in [6, 6.07) is 17.0. The first-order valence-electron chi connectivity index (χ1n) is 7.41. The SMILES string of the molecule is Clc1cccc(-c2cccc3cc4n(c23)CCNCC4)c1. The minimum atomic E-state index is 0.786. The largest absolute Gasteiger partial charge is 0.343 e. The van der Waals surface area contributed by atoms with Crippen LogP contribution >= 0.6 is 11.6 Å². The lowest BCUT2D eigenvalue weighted by Gasteiger charge is -2.11. The molecule has 0 radical (unpaired) electrons. The zero-order valence-corrected chi connectivity index (χ0v) is 12.5. The van der Waals surface area contributed by atoms with E-state index in [1.165, 1.54) is 27.7 Å². The first-order chi connectivity index (χ1) is 10.3. The van der Waals surface area contributed by atoms with E-state index in [-0.39, 0.29) is 0 Å². The van der Waals surface area contributed by atoms with Gasteiger partial charge in [0.05, 0.1) is 5.52 Å². The fourth-order valence-corrected chi connectivity index (χ4v) is 3.45. The summed E-state index contributed by atoms with van der Waals surface area (Å²) in [5.41, 5.74) is 5.21. The van der Waals surface area contributed by atoms with Crippen LogP contribution in [0.1, 0.15) is 5.69 Å². The molecule has 1 N–H and O–H groups in total. The van der Waals surface area contributed by atoms with Gasteiger partial charge in [-0.3, -0.25) is 0 Å². The molecular formula is C18H17ClN2. The Morgan fingerprint density at radius 1 is 1.00 bits per heavy atom. The van der Waals surface area contributed by atoms with Crippen molar-refractivity contribution in [1.29, 1.82) is 0 Å². The van der Waals surface area contributed by atoms with Gasteiger partial charge in [0, 0.05) is 47.7 Å². The van der Waals surface area contributed by atoms with E-state index in [9.17, 15) is 0 Å². The highest BCUT2D eigenvalue weighted by atomic mass is 35.5. The molecule has 106 valence electrons. The van der Waals surface area contributed by atoms with E-state index in [0.29, 0.717) is 0 Å². The second-order valence-electron chi connectivity index (χ2n) is 5.54. The minimum Gasteiger partial charge on any atom is -0.343 e. The molecular weight excluding hydrogens is 280 g/mol. The molecule has 0 unspecified atom stereocenters. The van der Waals surface area contributed by atoms with Crippen molar-refractivity contribution in [2.45, 2.75) is 13.0 Å². The Labute approximate surface area is 129 Å². The fraction of sp³-hybridized carbons (Fsp3) is 0.222. The number of fused-ring (bicyclic) bond motifs is 3. The van der Waals surface area contributed by atoms with Crippen molar-refractivity contribution >= 4 is 22.5 Å². The van der Waals surface area contributed by atoms with Crippen LogP contribution in [0.4, 0.5) is 0 Å². The highest BCUT2D eigenvalue weighted by Crippen LogP contribution is 2.32. The molecule has 2 heterocycles. The molecule has 0 spiro atoms. The summed E-state index contributed by atoms with van der Waals surface area (Å²) >= 11 is 6.17. The van der Waals surface area contributed by atoms with Gasteiger partial charge < -0.3 is 9.88 Å². The van der Waals surface area contributed by atoms with Crippen molar-refractivity contribution in [3.05, 3.63) is 59.2 Å². The number of aromatic nitrogens is 1. The molecule has 3 heteroatoms. The standard InChI is InChI=1S/C18H17ClN2/c19-15-5-1-3-13(11-15)17-6-2-4-14-12-16-7-8-20-9-10-21(16)18(14)17/h1-6,11-12,20H,7-10H2. The third-order valence-corrected chi connectivity index (χ3v) is 4.45. The second kappa shape index (κ2) is 5.21. The van der Waals surface area contributed by atoms with Crippen molar-refractivity contribution < 1.29 is 0 Å². The minimum absolute atomic E-state index is 0.786. The van der Waals surface area contributed by atoms with Crippen LogP contribution in [0.15, 0.2) is 48.5 Å². The number of benzene rings is 2. The van der Waals surface area contributed by atoms with Gasteiger partial charge in [0.15, 0.2) is 0 Å². The molecule has 0 bridgehead atoms. The van der Waals surface area contributed by atoms with Crippen LogP contribution in [0, 0.1) is 0 Å². The Kier molecular flexibility index (Phi) is 3.21. The number of rotatable bonds is 1. The predicted octanol–water partition coefficient (Wildman–Crippen LogP) is 4.11. The first kappa shape index (κ1) is 12.9. The van der Waals surface area contributed by atoms with Gasteiger partial charge in [-0.2, -0.15) is 0 Å². The lowest BCUT2D eigenvalue weighted by molar-refractivity contribution is 0.658.